The van der Waals surface area contributed by atoms with Crippen molar-refractivity contribution in [2.45, 2.75) is 18.9 Å². The summed E-state index contributed by atoms with van der Waals surface area (Å²) < 4.78 is 0. The Kier molecular flexibility index (Phi) is 3.81. The Morgan fingerprint density at radius 3 is 2.83 bits per heavy atom. The lowest BCUT2D eigenvalue weighted by molar-refractivity contribution is 0.0690. The zero-order chi connectivity index (χ0) is 13.1. The first kappa shape index (κ1) is 12.8. The first-order valence-electron chi connectivity index (χ1n) is 6.18. The van der Waals surface area contributed by atoms with Gasteiger partial charge in [0.15, 0.2) is 0 Å². The number of likely N-dealkylation sites (N-methyl/N-ethyl adjacent to an activating group) is 1. The summed E-state index contributed by atoms with van der Waals surface area (Å²) in [5.41, 5.74) is 1.10. The number of hydrogen-bond donors (Lipinski definition) is 1. The maximum Gasteiger partial charge on any atom is 0.354 e. The molecule has 5 nitrogen and oxygen atoms in total. The van der Waals surface area contributed by atoms with Gasteiger partial charge in [-0.2, -0.15) is 0 Å². The van der Waals surface area contributed by atoms with Gasteiger partial charge in [0.05, 0.1) is 11.9 Å². The number of piperidine rings is 1. The summed E-state index contributed by atoms with van der Waals surface area (Å²) >= 11 is 0. The van der Waals surface area contributed by atoms with Gasteiger partial charge in [-0.3, -0.25) is 0 Å². The van der Waals surface area contributed by atoms with Crippen molar-refractivity contribution in [2.24, 2.45) is 0 Å². The summed E-state index contributed by atoms with van der Waals surface area (Å²) in [6.07, 6.45) is 4.02. The molecule has 1 atom stereocenters. The normalized spacial score (nSPS) is 20.2. The van der Waals surface area contributed by atoms with Crippen molar-refractivity contribution < 1.29 is 9.90 Å². The van der Waals surface area contributed by atoms with Gasteiger partial charge in [-0.15, -0.1) is 0 Å². The van der Waals surface area contributed by atoms with Crippen molar-refractivity contribution in [1.29, 1.82) is 0 Å². The first-order chi connectivity index (χ1) is 8.58. The smallest absolute Gasteiger partial charge is 0.354 e. The molecule has 1 fully saturated rings. The summed E-state index contributed by atoms with van der Waals surface area (Å²) in [7, 11) is 4.19. The van der Waals surface area contributed by atoms with Gasteiger partial charge in [0.2, 0.25) is 0 Å². The van der Waals surface area contributed by atoms with Crippen molar-refractivity contribution in [2.75, 3.05) is 32.1 Å². The molecule has 1 aromatic rings. The molecule has 1 N–H and O–H groups in total. The molecule has 0 radical (unpaired) electrons. The Morgan fingerprint density at radius 2 is 2.28 bits per heavy atom. The third-order valence-corrected chi connectivity index (χ3v) is 3.46. The van der Waals surface area contributed by atoms with E-state index >= 15 is 0 Å². The van der Waals surface area contributed by atoms with E-state index in [1.807, 2.05) is 6.07 Å². The minimum atomic E-state index is -0.980. The maximum absolute atomic E-state index is 10.7. The van der Waals surface area contributed by atoms with E-state index in [4.69, 9.17) is 5.11 Å². The van der Waals surface area contributed by atoms with Crippen LogP contribution in [-0.2, 0) is 0 Å². The van der Waals surface area contributed by atoms with E-state index in [9.17, 15) is 4.79 Å². The molecule has 1 unspecified atom stereocenters. The van der Waals surface area contributed by atoms with E-state index < -0.39 is 5.97 Å². The van der Waals surface area contributed by atoms with Gasteiger partial charge in [-0.1, -0.05) is 0 Å². The molecule has 1 aliphatic heterocycles. The molecule has 0 aliphatic carbocycles. The van der Waals surface area contributed by atoms with Crippen LogP contribution in [0.25, 0.3) is 0 Å². The molecule has 0 spiro atoms. The second-order valence-electron chi connectivity index (χ2n) is 4.91. The number of carbonyl (C=O) groups is 1. The highest BCUT2D eigenvalue weighted by molar-refractivity contribution is 5.85. The monoisotopic (exact) mass is 249 g/mol. The lowest BCUT2D eigenvalue weighted by Crippen LogP contribution is -2.45. The van der Waals surface area contributed by atoms with Crippen molar-refractivity contribution in [3.05, 3.63) is 24.0 Å². The Hall–Kier alpha value is -1.62. The fourth-order valence-electron chi connectivity index (χ4n) is 2.31. The zero-order valence-corrected chi connectivity index (χ0v) is 10.8. The maximum atomic E-state index is 10.7. The summed E-state index contributed by atoms with van der Waals surface area (Å²) in [5, 5.41) is 8.82. The number of hydrogen-bond acceptors (Lipinski definition) is 4. The van der Waals surface area contributed by atoms with E-state index in [2.05, 4.69) is 28.9 Å². The molecular weight excluding hydrogens is 230 g/mol. The molecule has 1 aromatic heterocycles. The molecule has 0 aromatic carbocycles. The van der Waals surface area contributed by atoms with E-state index in [1.165, 1.54) is 6.42 Å². The van der Waals surface area contributed by atoms with Crippen LogP contribution < -0.4 is 4.90 Å². The number of carboxylic acids is 1. The van der Waals surface area contributed by atoms with Gasteiger partial charge in [0, 0.05) is 19.1 Å². The summed E-state index contributed by atoms with van der Waals surface area (Å²) in [6, 6.07) is 3.96. The van der Waals surface area contributed by atoms with Crippen molar-refractivity contribution in [3.8, 4) is 0 Å². The van der Waals surface area contributed by atoms with E-state index in [0.29, 0.717) is 6.04 Å². The Morgan fingerprint density at radius 1 is 1.50 bits per heavy atom. The van der Waals surface area contributed by atoms with Gasteiger partial charge < -0.3 is 14.9 Å². The minimum absolute atomic E-state index is 0.0971. The topological polar surface area (TPSA) is 56.7 Å². The van der Waals surface area contributed by atoms with Crippen molar-refractivity contribution >= 4 is 11.7 Å². The van der Waals surface area contributed by atoms with Crippen molar-refractivity contribution in [3.63, 3.8) is 0 Å². The minimum Gasteiger partial charge on any atom is -0.477 e. The summed E-state index contributed by atoms with van der Waals surface area (Å²) in [5.74, 6) is -0.980. The van der Waals surface area contributed by atoms with Crippen LogP contribution in [0.5, 0.6) is 0 Å². The highest BCUT2D eigenvalue weighted by Crippen LogP contribution is 2.21. The number of rotatable bonds is 3. The van der Waals surface area contributed by atoms with Crippen LogP contribution in [0.1, 0.15) is 23.3 Å². The predicted molar refractivity (Wildman–Crippen MR) is 70.1 cm³/mol. The second kappa shape index (κ2) is 5.35. The molecule has 1 saturated heterocycles. The van der Waals surface area contributed by atoms with Crippen LogP contribution in [-0.4, -0.2) is 54.2 Å². The van der Waals surface area contributed by atoms with Gasteiger partial charge in [0.1, 0.15) is 5.69 Å². The van der Waals surface area contributed by atoms with Crippen LogP contribution in [0.15, 0.2) is 18.3 Å². The molecule has 98 valence electrons. The van der Waals surface area contributed by atoms with Gasteiger partial charge >= 0.3 is 5.97 Å². The molecule has 2 heterocycles. The lowest BCUT2D eigenvalue weighted by Gasteiger charge is -2.37. The number of aromatic nitrogens is 1. The van der Waals surface area contributed by atoms with Crippen LogP contribution in [0.3, 0.4) is 0 Å². The standard InChI is InChI=1S/C13H19N3O2/c1-15(2)11-4-3-7-16(9-11)10-5-6-12(13(17)18)14-8-10/h5-6,8,11H,3-4,7,9H2,1-2H3,(H,17,18). The van der Waals surface area contributed by atoms with Gasteiger partial charge in [0.25, 0.3) is 0 Å². The average Bonchev–Trinajstić information content (AvgIpc) is 2.39. The zero-order valence-electron chi connectivity index (χ0n) is 10.8. The molecule has 18 heavy (non-hydrogen) atoms. The van der Waals surface area contributed by atoms with Gasteiger partial charge in [-0.25, -0.2) is 9.78 Å². The Bertz CT molecular complexity index is 417. The van der Waals surface area contributed by atoms with E-state index in [-0.39, 0.29) is 5.69 Å². The SMILES string of the molecule is CN(C)C1CCCN(c2ccc(C(=O)O)nc2)C1. The van der Waals surface area contributed by atoms with Crippen LogP contribution in [0.4, 0.5) is 5.69 Å². The van der Waals surface area contributed by atoms with Crippen LogP contribution >= 0.6 is 0 Å². The van der Waals surface area contributed by atoms with Crippen LogP contribution in [0, 0.1) is 0 Å². The van der Waals surface area contributed by atoms with Crippen molar-refractivity contribution in [1.82, 2.24) is 9.88 Å². The first-order valence-corrected chi connectivity index (χ1v) is 6.18. The largest absolute Gasteiger partial charge is 0.477 e. The van der Waals surface area contributed by atoms with Crippen LogP contribution in [0.2, 0.25) is 0 Å². The Labute approximate surface area is 107 Å². The number of pyridine rings is 1. The number of aromatic carboxylic acids is 1. The van der Waals surface area contributed by atoms with Gasteiger partial charge in [-0.05, 0) is 39.1 Å². The fraction of sp³-hybridized carbons (Fsp3) is 0.538. The molecule has 2 rings (SSSR count). The highest BCUT2D eigenvalue weighted by atomic mass is 16.4. The Balaban J connectivity index is 2.09. The molecule has 0 bridgehead atoms. The van der Waals surface area contributed by atoms with E-state index in [1.54, 1.807) is 12.3 Å². The number of nitrogens with zero attached hydrogens (tertiary/aromatic N) is 3. The molecular formula is C13H19N3O2. The third kappa shape index (κ3) is 2.79. The molecule has 1 aliphatic rings. The average molecular weight is 249 g/mol. The number of carboxylic acid groups (broad SMARTS) is 1. The summed E-state index contributed by atoms with van der Waals surface area (Å²) in [6.45, 7) is 1.99. The number of anilines is 1. The molecule has 5 heteroatoms. The fourth-order valence-corrected chi connectivity index (χ4v) is 2.31. The molecule has 0 amide bonds. The highest BCUT2D eigenvalue weighted by Gasteiger charge is 2.21. The lowest BCUT2D eigenvalue weighted by atomic mass is 10.0. The quantitative estimate of drug-likeness (QED) is 0.875. The third-order valence-electron chi connectivity index (χ3n) is 3.46. The second-order valence-corrected chi connectivity index (χ2v) is 4.91. The summed E-state index contributed by atoms with van der Waals surface area (Å²) in [4.78, 5) is 19.2. The van der Waals surface area contributed by atoms with E-state index in [0.717, 1.165) is 25.2 Å². The predicted octanol–water partition coefficient (Wildman–Crippen LogP) is 1.31. The molecule has 0 saturated carbocycles.